The van der Waals surface area contributed by atoms with Crippen molar-refractivity contribution in [2.75, 3.05) is 13.1 Å². The molecule has 0 atom stereocenters. The highest BCUT2D eigenvalue weighted by molar-refractivity contribution is 4.61. The molecule has 0 aromatic carbocycles. The molecule has 1 N–H and O–H groups in total. The lowest BCUT2D eigenvalue weighted by atomic mass is 10.4. The number of nitriles is 1. The maximum absolute atomic E-state index is 7.62. The maximum Gasteiger partial charge on any atom is 0.0618 e. The molecule has 1 fully saturated rings. The molecule has 0 spiro atoms. The van der Waals surface area contributed by atoms with Gasteiger partial charge in [-0.1, -0.05) is 6.92 Å². The molecule has 0 radical (unpaired) electrons. The Morgan fingerprint density at radius 1 is 1.44 bits per heavy atom. The summed E-state index contributed by atoms with van der Waals surface area (Å²) in [4.78, 5) is 0. The fraction of sp³-hybridized carbons (Fsp3) is 0.857. The molecule has 52 valence electrons. The molecular formula is C7H14N2. The molecule has 0 unspecified atom stereocenters. The summed E-state index contributed by atoms with van der Waals surface area (Å²) in [6, 6.07) is 1.93. The Bertz CT molecular complexity index is 71.8. The highest BCUT2D eigenvalue weighted by Crippen LogP contribution is 1.90. The van der Waals surface area contributed by atoms with E-state index in [-0.39, 0.29) is 0 Å². The van der Waals surface area contributed by atoms with Crippen molar-refractivity contribution in [1.82, 2.24) is 5.32 Å². The van der Waals surface area contributed by atoms with Crippen molar-refractivity contribution in [1.29, 1.82) is 5.26 Å². The molecule has 0 bridgehead atoms. The normalized spacial score (nSPS) is 15.6. The van der Waals surface area contributed by atoms with Gasteiger partial charge in [-0.15, -0.1) is 0 Å². The lowest BCUT2D eigenvalue weighted by molar-refractivity contribution is 0.857. The molecule has 2 nitrogen and oxygen atoms in total. The minimum atomic E-state index is 0.625. The standard InChI is InChI=1S/C4H9N.C3H5N/c1-2-4-5-3-1;1-2-3-4/h5H,1-4H2;2H2,1H3. The lowest BCUT2D eigenvalue weighted by Gasteiger charge is -1.76. The topological polar surface area (TPSA) is 35.8 Å². The Morgan fingerprint density at radius 2 is 1.89 bits per heavy atom. The summed E-state index contributed by atoms with van der Waals surface area (Å²) < 4.78 is 0. The third kappa shape index (κ3) is 7.45. The van der Waals surface area contributed by atoms with Crippen molar-refractivity contribution in [3.63, 3.8) is 0 Å². The second-order valence-electron chi connectivity index (χ2n) is 1.97. The summed E-state index contributed by atoms with van der Waals surface area (Å²) in [5.41, 5.74) is 0. The van der Waals surface area contributed by atoms with E-state index in [1.165, 1.54) is 25.9 Å². The fourth-order valence-electron chi connectivity index (χ4n) is 0.625. The van der Waals surface area contributed by atoms with Crippen molar-refractivity contribution in [3.8, 4) is 6.07 Å². The zero-order chi connectivity index (χ0) is 6.95. The summed E-state index contributed by atoms with van der Waals surface area (Å²) in [6.45, 7) is 4.32. The van der Waals surface area contributed by atoms with Crippen LogP contribution in [-0.4, -0.2) is 13.1 Å². The largest absolute Gasteiger partial charge is 0.317 e. The lowest BCUT2D eigenvalue weighted by Crippen LogP contribution is -2.03. The predicted octanol–water partition coefficient (Wildman–Crippen LogP) is 1.29. The first-order valence-electron chi connectivity index (χ1n) is 3.49. The van der Waals surface area contributed by atoms with Gasteiger partial charge in [-0.05, 0) is 25.9 Å². The highest BCUT2D eigenvalue weighted by atomic mass is 14.9. The molecule has 0 aromatic rings. The van der Waals surface area contributed by atoms with Gasteiger partial charge in [0, 0.05) is 6.42 Å². The number of hydrogen-bond donors (Lipinski definition) is 1. The molecular weight excluding hydrogens is 112 g/mol. The Hall–Kier alpha value is -0.550. The third-order valence-corrected chi connectivity index (χ3v) is 1.12. The van der Waals surface area contributed by atoms with Crippen LogP contribution in [0.1, 0.15) is 26.2 Å². The average Bonchev–Trinajstić information content (AvgIpc) is 2.43. The van der Waals surface area contributed by atoms with E-state index in [0.717, 1.165) is 0 Å². The van der Waals surface area contributed by atoms with Crippen molar-refractivity contribution in [2.24, 2.45) is 0 Å². The van der Waals surface area contributed by atoms with Crippen molar-refractivity contribution < 1.29 is 0 Å². The van der Waals surface area contributed by atoms with Gasteiger partial charge in [0.2, 0.25) is 0 Å². The number of hydrogen-bond acceptors (Lipinski definition) is 2. The van der Waals surface area contributed by atoms with Crippen LogP contribution in [0.25, 0.3) is 0 Å². The minimum Gasteiger partial charge on any atom is -0.317 e. The summed E-state index contributed by atoms with van der Waals surface area (Å²) in [7, 11) is 0. The van der Waals surface area contributed by atoms with Crippen molar-refractivity contribution >= 4 is 0 Å². The Morgan fingerprint density at radius 3 is 2.00 bits per heavy atom. The van der Waals surface area contributed by atoms with E-state index in [1.807, 2.05) is 13.0 Å². The molecule has 2 heteroatoms. The molecule has 0 aliphatic carbocycles. The van der Waals surface area contributed by atoms with Crippen LogP contribution in [0, 0.1) is 11.3 Å². The van der Waals surface area contributed by atoms with Crippen LogP contribution in [0.4, 0.5) is 0 Å². The van der Waals surface area contributed by atoms with Gasteiger partial charge < -0.3 is 5.32 Å². The van der Waals surface area contributed by atoms with Crippen LogP contribution in [0.3, 0.4) is 0 Å². The summed E-state index contributed by atoms with van der Waals surface area (Å²) in [5, 5.41) is 10.8. The molecule has 1 aliphatic heterocycles. The van der Waals surface area contributed by atoms with Crippen LogP contribution >= 0.6 is 0 Å². The molecule has 1 rings (SSSR count). The molecule has 0 amide bonds. The second-order valence-corrected chi connectivity index (χ2v) is 1.97. The predicted molar refractivity (Wildman–Crippen MR) is 38.0 cm³/mol. The van der Waals surface area contributed by atoms with Gasteiger partial charge in [-0.3, -0.25) is 0 Å². The quantitative estimate of drug-likeness (QED) is 0.531. The van der Waals surface area contributed by atoms with E-state index in [0.29, 0.717) is 6.42 Å². The number of nitrogens with one attached hydrogen (secondary N) is 1. The van der Waals surface area contributed by atoms with E-state index in [1.54, 1.807) is 0 Å². The third-order valence-electron chi connectivity index (χ3n) is 1.12. The van der Waals surface area contributed by atoms with Gasteiger partial charge in [0.25, 0.3) is 0 Å². The highest BCUT2D eigenvalue weighted by Gasteiger charge is 1.93. The van der Waals surface area contributed by atoms with Gasteiger partial charge in [0.15, 0.2) is 0 Å². The first kappa shape index (κ1) is 8.45. The average molecular weight is 126 g/mol. The summed E-state index contributed by atoms with van der Waals surface area (Å²) in [5.74, 6) is 0. The van der Waals surface area contributed by atoms with Crippen LogP contribution in [0.2, 0.25) is 0 Å². The van der Waals surface area contributed by atoms with Gasteiger partial charge >= 0.3 is 0 Å². The van der Waals surface area contributed by atoms with Gasteiger partial charge in [0.05, 0.1) is 6.07 Å². The van der Waals surface area contributed by atoms with E-state index in [4.69, 9.17) is 5.26 Å². The monoisotopic (exact) mass is 126 g/mol. The van der Waals surface area contributed by atoms with Gasteiger partial charge in [-0.2, -0.15) is 5.26 Å². The summed E-state index contributed by atoms with van der Waals surface area (Å²) in [6.07, 6.45) is 3.40. The molecule has 0 aromatic heterocycles. The molecule has 1 heterocycles. The first-order valence-corrected chi connectivity index (χ1v) is 3.49. The van der Waals surface area contributed by atoms with E-state index < -0.39 is 0 Å². The van der Waals surface area contributed by atoms with Crippen LogP contribution in [-0.2, 0) is 0 Å². The molecule has 0 saturated carbocycles. The van der Waals surface area contributed by atoms with Gasteiger partial charge in [0.1, 0.15) is 0 Å². The minimum absolute atomic E-state index is 0.625. The number of rotatable bonds is 0. The SMILES string of the molecule is C1CCNC1.CCC#N. The second kappa shape index (κ2) is 7.45. The van der Waals surface area contributed by atoms with Crippen LogP contribution in [0.5, 0.6) is 0 Å². The Labute approximate surface area is 56.9 Å². The van der Waals surface area contributed by atoms with E-state index in [2.05, 4.69) is 5.32 Å². The van der Waals surface area contributed by atoms with Crippen LogP contribution in [0.15, 0.2) is 0 Å². The van der Waals surface area contributed by atoms with E-state index in [9.17, 15) is 0 Å². The molecule has 1 saturated heterocycles. The fourth-order valence-corrected chi connectivity index (χ4v) is 0.625. The van der Waals surface area contributed by atoms with Crippen molar-refractivity contribution in [2.45, 2.75) is 26.2 Å². The molecule has 9 heavy (non-hydrogen) atoms. The van der Waals surface area contributed by atoms with Crippen molar-refractivity contribution in [3.05, 3.63) is 0 Å². The van der Waals surface area contributed by atoms with Crippen LogP contribution < -0.4 is 5.32 Å². The smallest absolute Gasteiger partial charge is 0.0618 e. The Balaban J connectivity index is 0.000000148. The molecule has 1 aliphatic rings. The first-order chi connectivity index (χ1) is 4.41. The van der Waals surface area contributed by atoms with Gasteiger partial charge in [-0.25, -0.2) is 0 Å². The van der Waals surface area contributed by atoms with E-state index >= 15 is 0 Å². The number of nitrogens with zero attached hydrogens (tertiary/aromatic N) is 1. The zero-order valence-corrected chi connectivity index (χ0v) is 5.98. The maximum atomic E-state index is 7.62. The zero-order valence-electron chi connectivity index (χ0n) is 5.98. The Kier molecular flexibility index (Phi) is 6.99. The summed E-state index contributed by atoms with van der Waals surface area (Å²) >= 11 is 0.